The summed E-state index contributed by atoms with van der Waals surface area (Å²) in [6.45, 7) is 7.54. The lowest BCUT2D eigenvalue weighted by Gasteiger charge is -2.21. The molecular weight excluding hydrogens is 266 g/mol. The van der Waals surface area contributed by atoms with Crippen molar-refractivity contribution in [1.29, 1.82) is 0 Å². The molecule has 4 nitrogen and oxygen atoms in total. The van der Waals surface area contributed by atoms with Gasteiger partial charge in [0.2, 0.25) is 5.91 Å². The molecule has 0 heterocycles. The first kappa shape index (κ1) is 19.7. The van der Waals surface area contributed by atoms with Crippen molar-refractivity contribution >= 4 is 11.9 Å². The lowest BCUT2D eigenvalue weighted by Crippen LogP contribution is -2.48. The predicted molar refractivity (Wildman–Crippen MR) is 83.5 cm³/mol. The number of unbranched alkanes of at least 4 members (excludes halogenated alkanes) is 6. The van der Waals surface area contributed by atoms with Gasteiger partial charge in [-0.25, -0.2) is 0 Å². The van der Waals surface area contributed by atoms with E-state index in [9.17, 15) is 14.7 Å². The Balaban J connectivity index is 3.68. The molecule has 1 atom stereocenters. The van der Waals surface area contributed by atoms with Crippen molar-refractivity contribution < 1.29 is 14.7 Å². The maximum Gasteiger partial charge on any atom is 0.220 e. The minimum Gasteiger partial charge on any atom is -0.548 e. The zero-order valence-corrected chi connectivity index (χ0v) is 13.5. The van der Waals surface area contributed by atoms with Crippen LogP contribution in [-0.2, 0) is 9.59 Å². The van der Waals surface area contributed by atoms with E-state index in [1.54, 1.807) is 0 Å². The highest BCUT2D eigenvalue weighted by Crippen LogP contribution is 2.09. The number of hydrogen-bond donors (Lipinski definition) is 1. The van der Waals surface area contributed by atoms with Crippen LogP contribution < -0.4 is 10.4 Å². The Morgan fingerprint density at radius 2 is 1.67 bits per heavy atom. The summed E-state index contributed by atoms with van der Waals surface area (Å²) in [5.41, 5.74) is 0. The van der Waals surface area contributed by atoms with Gasteiger partial charge in [0, 0.05) is 6.42 Å². The van der Waals surface area contributed by atoms with Crippen molar-refractivity contribution in [1.82, 2.24) is 5.32 Å². The van der Waals surface area contributed by atoms with Crippen LogP contribution in [0.15, 0.2) is 12.7 Å². The second-order valence-electron chi connectivity index (χ2n) is 6.02. The maximum atomic E-state index is 11.7. The first-order valence-electron chi connectivity index (χ1n) is 8.08. The fourth-order valence-electron chi connectivity index (χ4n) is 2.23. The van der Waals surface area contributed by atoms with E-state index in [0.29, 0.717) is 12.8 Å². The normalized spacial score (nSPS) is 12.1. The molecule has 0 radical (unpaired) electrons. The van der Waals surface area contributed by atoms with Gasteiger partial charge in [0.05, 0.1) is 12.0 Å². The first-order valence-corrected chi connectivity index (χ1v) is 8.08. The van der Waals surface area contributed by atoms with Gasteiger partial charge in [-0.05, 0) is 31.6 Å². The molecule has 122 valence electrons. The van der Waals surface area contributed by atoms with Crippen LogP contribution in [0.1, 0.15) is 71.6 Å². The summed E-state index contributed by atoms with van der Waals surface area (Å²) < 4.78 is 0. The number of nitrogens with one attached hydrogen (secondary N) is 1. The van der Waals surface area contributed by atoms with Crippen molar-refractivity contribution in [3.63, 3.8) is 0 Å². The Kier molecular flexibility index (Phi) is 11.6. The molecule has 0 aliphatic carbocycles. The summed E-state index contributed by atoms with van der Waals surface area (Å²) in [6, 6.07) is -0.864. The SMILES string of the molecule is C=CCCCCCCCCC(=O)N[C@@H](CC(C)C)C(=O)[O-]. The van der Waals surface area contributed by atoms with E-state index in [1.165, 1.54) is 19.3 Å². The van der Waals surface area contributed by atoms with Crippen LogP contribution in [0.4, 0.5) is 0 Å². The molecule has 0 unspecified atom stereocenters. The fraction of sp³-hybridized carbons (Fsp3) is 0.765. The molecule has 0 aromatic carbocycles. The second kappa shape index (κ2) is 12.4. The summed E-state index contributed by atoms with van der Waals surface area (Å²) in [5.74, 6) is -1.17. The van der Waals surface area contributed by atoms with Gasteiger partial charge in [-0.2, -0.15) is 0 Å². The van der Waals surface area contributed by atoms with E-state index < -0.39 is 12.0 Å². The predicted octanol–water partition coefficient (Wildman–Crippen LogP) is 2.57. The van der Waals surface area contributed by atoms with E-state index >= 15 is 0 Å². The van der Waals surface area contributed by atoms with Gasteiger partial charge >= 0.3 is 0 Å². The molecule has 4 heteroatoms. The summed E-state index contributed by atoms with van der Waals surface area (Å²) in [5, 5.41) is 13.5. The lowest BCUT2D eigenvalue weighted by atomic mass is 10.0. The molecule has 0 bridgehead atoms. The van der Waals surface area contributed by atoms with Crippen LogP contribution in [0.5, 0.6) is 0 Å². The summed E-state index contributed by atoms with van der Waals surface area (Å²) in [4.78, 5) is 22.6. The van der Waals surface area contributed by atoms with Gasteiger partial charge < -0.3 is 15.2 Å². The van der Waals surface area contributed by atoms with Crippen molar-refractivity contribution in [2.45, 2.75) is 77.7 Å². The number of carboxylic acids is 1. The number of hydrogen-bond acceptors (Lipinski definition) is 3. The Morgan fingerprint density at radius 3 is 2.19 bits per heavy atom. The van der Waals surface area contributed by atoms with Crippen molar-refractivity contribution in [2.75, 3.05) is 0 Å². The van der Waals surface area contributed by atoms with Crippen molar-refractivity contribution in [3.8, 4) is 0 Å². The molecule has 0 aliphatic heterocycles. The average Bonchev–Trinajstić information content (AvgIpc) is 2.40. The number of rotatable bonds is 13. The second-order valence-corrected chi connectivity index (χ2v) is 6.02. The Bertz CT molecular complexity index is 313. The third-order valence-corrected chi connectivity index (χ3v) is 3.39. The quantitative estimate of drug-likeness (QED) is 0.419. The molecule has 0 aromatic rings. The van der Waals surface area contributed by atoms with Crippen molar-refractivity contribution in [2.24, 2.45) is 5.92 Å². The molecule has 0 fully saturated rings. The lowest BCUT2D eigenvalue weighted by molar-refractivity contribution is -0.308. The Labute approximate surface area is 129 Å². The number of carbonyl (C=O) groups is 2. The topological polar surface area (TPSA) is 69.2 Å². The highest BCUT2D eigenvalue weighted by atomic mass is 16.4. The molecule has 0 spiro atoms. The van der Waals surface area contributed by atoms with Gasteiger partial charge in [0.15, 0.2) is 0 Å². The highest BCUT2D eigenvalue weighted by Gasteiger charge is 2.14. The number of amides is 1. The van der Waals surface area contributed by atoms with Gasteiger partial charge in [-0.15, -0.1) is 6.58 Å². The first-order chi connectivity index (χ1) is 9.97. The van der Waals surface area contributed by atoms with Crippen molar-refractivity contribution in [3.05, 3.63) is 12.7 Å². The van der Waals surface area contributed by atoms with Crippen LogP contribution in [0.2, 0.25) is 0 Å². The average molecular weight is 296 g/mol. The third-order valence-electron chi connectivity index (χ3n) is 3.39. The molecule has 21 heavy (non-hydrogen) atoms. The molecule has 0 aromatic heterocycles. The Hall–Kier alpha value is -1.32. The maximum absolute atomic E-state index is 11.7. The highest BCUT2D eigenvalue weighted by molar-refractivity contribution is 5.82. The molecule has 0 aliphatic rings. The summed E-state index contributed by atoms with van der Waals surface area (Å²) >= 11 is 0. The van der Waals surface area contributed by atoms with Crippen LogP contribution in [0.25, 0.3) is 0 Å². The molecule has 0 saturated carbocycles. The Morgan fingerprint density at radius 1 is 1.10 bits per heavy atom. The molecular formula is C17H30NO3-. The largest absolute Gasteiger partial charge is 0.548 e. The minimum absolute atomic E-state index is 0.184. The fourth-order valence-corrected chi connectivity index (χ4v) is 2.23. The van der Waals surface area contributed by atoms with Gasteiger partial charge in [-0.3, -0.25) is 4.79 Å². The molecule has 0 rings (SSSR count). The van der Waals surface area contributed by atoms with Crippen LogP contribution >= 0.6 is 0 Å². The number of carboxylic acid groups (broad SMARTS) is 1. The number of allylic oxidation sites excluding steroid dienone is 1. The smallest absolute Gasteiger partial charge is 0.220 e. The van der Waals surface area contributed by atoms with Gasteiger partial charge in [-0.1, -0.05) is 45.6 Å². The molecule has 1 N–H and O–H groups in total. The number of aliphatic carboxylic acids is 1. The van der Waals surface area contributed by atoms with E-state index in [2.05, 4.69) is 11.9 Å². The zero-order chi connectivity index (χ0) is 16.1. The molecule has 1 amide bonds. The van der Waals surface area contributed by atoms with E-state index in [1.807, 2.05) is 19.9 Å². The molecule has 0 saturated heterocycles. The third kappa shape index (κ3) is 12.2. The van der Waals surface area contributed by atoms with Gasteiger partial charge in [0.1, 0.15) is 0 Å². The van der Waals surface area contributed by atoms with Crippen LogP contribution in [0, 0.1) is 5.92 Å². The monoisotopic (exact) mass is 296 g/mol. The van der Waals surface area contributed by atoms with E-state index in [0.717, 1.165) is 25.7 Å². The zero-order valence-electron chi connectivity index (χ0n) is 13.5. The minimum atomic E-state index is -1.20. The summed E-state index contributed by atoms with van der Waals surface area (Å²) in [6.07, 6.45) is 10.4. The number of carbonyl (C=O) groups excluding carboxylic acids is 2. The van der Waals surface area contributed by atoms with Gasteiger partial charge in [0.25, 0.3) is 0 Å². The van der Waals surface area contributed by atoms with Crippen LogP contribution in [0.3, 0.4) is 0 Å². The summed E-state index contributed by atoms with van der Waals surface area (Å²) in [7, 11) is 0. The van der Waals surface area contributed by atoms with E-state index in [4.69, 9.17) is 0 Å². The van der Waals surface area contributed by atoms with Crippen LogP contribution in [-0.4, -0.2) is 17.9 Å². The van der Waals surface area contributed by atoms with E-state index in [-0.39, 0.29) is 11.8 Å². The standard InChI is InChI=1S/C17H31NO3/c1-4-5-6-7-8-9-10-11-12-16(19)18-15(17(20)21)13-14(2)3/h4,14-15H,1,5-13H2,2-3H3,(H,18,19)(H,20,21)/p-1/t15-/m0/s1.